The zero-order valence-electron chi connectivity index (χ0n) is 17.9. The number of benzene rings is 2. The Labute approximate surface area is 202 Å². The summed E-state index contributed by atoms with van der Waals surface area (Å²) in [6.07, 6.45) is -2.29. The molecule has 3 aromatic rings. The second-order valence-corrected chi connectivity index (χ2v) is 7.61. The molecule has 0 aliphatic rings. The standard InChI is InChI=1S/C23H20BrF3N4O3/c1-2-33-19-10-15(12-29-31-21-9-8-16(13-28-21)23(25,26)27)18(24)11-20(19)34-14-22(32)30-17-6-4-3-5-7-17/h3-13H,2,14H2,1H3,(H,28,31)(H,30,32)/b29-12-. The first kappa shape index (κ1) is 25.0. The molecule has 0 bridgehead atoms. The highest BCUT2D eigenvalue weighted by molar-refractivity contribution is 9.10. The lowest BCUT2D eigenvalue weighted by Crippen LogP contribution is -2.20. The first-order chi connectivity index (χ1) is 16.3. The molecule has 2 aromatic carbocycles. The molecule has 1 amide bonds. The van der Waals surface area contributed by atoms with Gasteiger partial charge < -0.3 is 14.8 Å². The number of amides is 1. The van der Waals surface area contributed by atoms with Crippen molar-refractivity contribution in [1.29, 1.82) is 0 Å². The Morgan fingerprint density at radius 3 is 2.50 bits per heavy atom. The van der Waals surface area contributed by atoms with Gasteiger partial charge in [0.05, 0.1) is 18.4 Å². The fourth-order valence-electron chi connectivity index (χ4n) is 2.69. The Bertz CT molecular complexity index is 1140. The van der Waals surface area contributed by atoms with Gasteiger partial charge in [0, 0.05) is 21.9 Å². The first-order valence-corrected chi connectivity index (χ1v) is 10.8. The van der Waals surface area contributed by atoms with Gasteiger partial charge in [0.1, 0.15) is 5.82 Å². The number of hydrogen-bond donors (Lipinski definition) is 2. The number of halogens is 4. The quantitative estimate of drug-likeness (QED) is 0.269. The van der Waals surface area contributed by atoms with Crippen molar-refractivity contribution in [3.8, 4) is 11.5 Å². The minimum atomic E-state index is -4.46. The van der Waals surface area contributed by atoms with Gasteiger partial charge in [-0.3, -0.25) is 10.2 Å². The van der Waals surface area contributed by atoms with Crippen molar-refractivity contribution in [3.05, 3.63) is 76.4 Å². The van der Waals surface area contributed by atoms with Gasteiger partial charge in [0.2, 0.25) is 0 Å². The molecule has 0 spiro atoms. The summed E-state index contributed by atoms with van der Waals surface area (Å²) in [6, 6.07) is 14.4. The average Bonchev–Trinajstić information content (AvgIpc) is 2.80. The summed E-state index contributed by atoms with van der Waals surface area (Å²) in [5.41, 5.74) is 2.98. The highest BCUT2D eigenvalue weighted by Gasteiger charge is 2.30. The zero-order chi connectivity index (χ0) is 24.6. The van der Waals surface area contributed by atoms with Crippen LogP contribution in [0.25, 0.3) is 0 Å². The molecule has 0 unspecified atom stereocenters. The Balaban J connectivity index is 1.66. The SMILES string of the molecule is CCOc1cc(/C=N\Nc2ccc(C(F)(F)F)cn2)c(Br)cc1OCC(=O)Nc1ccccc1. The van der Waals surface area contributed by atoms with Crippen LogP contribution in [-0.2, 0) is 11.0 Å². The predicted octanol–water partition coefficient (Wildman–Crippen LogP) is 5.73. The van der Waals surface area contributed by atoms with Crippen LogP contribution in [0.5, 0.6) is 11.5 Å². The van der Waals surface area contributed by atoms with Gasteiger partial charge in [0.25, 0.3) is 5.91 Å². The molecule has 7 nitrogen and oxygen atoms in total. The lowest BCUT2D eigenvalue weighted by atomic mass is 10.2. The lowest BCUT2D eigenvalue weighted by molar-refractivity contribution is -0.137. The maximum Gasteiger partial charge on any atom is 0.417 e. The Morgan fingerprint density at radius 2 is 1.85 bits per heavy atom. The summed E-state index contributed by atoms with van der Waals surface area (Å²) in [5, 5.41) is 6.74. The third-order valence-electron chi connectivity index (χ3n) is 4.25. The number of anilines is 2. The smallest absolute Gasteiger partial charge is 0.417 e. The minimum absolute atomic E-state index is 0.148. The van der Waals surface area contributed by atoms with E-state index in [4.69, 9.17) is 9.47 Å². The maximum atomic E-state index is 12.6. The fraction of sp³-hybridized carbons (Fsp3) is 0.174. The molecular weight excluding hydrogens is 517 g/mol. The number of nitrogens with zero attached hydrogens (tertiary/aromatic N) is 2. The van der Waals surface area contributed by atoms with E-state index < -0.39 is 11.7 Å². The normalized spacial score (nSPS) is 11.3. The number of para-hydroxylation sites is 1. The minimum Gasteiger partial charge on any atom is -0.490 e. The van der Waals surface area contributed by atoms with E-state index in [9.17, 15) is 18.0 Å². The molecule has 2 N–H and O–H groups in total. The molecule has 3 rings (SSSR count). The van der Waals surface area contributed by atoms with Gasteiger partial charge in [-0.25, -0.2) is 4.98 Å². The van der Waals surface area contributed by atoms with Crippen LogP contribution in [0.4, 0.5) is 24.7 Å². The van der Waals surface area contributed by atoms with Gasteiger partial charge in [0.15, 0.2) is 18.1 Å². The van der Waals surface area contributed by atoms with Crippen molar-refractivity contribution in [1.82, 2.24) is 4.98 Å². The number of pyridine rings is 1. The van der Waals surface area contributed by atoms with E-state index in [1.54, 1.807) is 31.2 Å². The first-order valence-electron chi connectivity index (χ1n) is 10.0. The van der Waals surface area contributed by atoms with E-state index in [0.717, 1.165) is 12.3 Å². The maximum absolute atomic E-state index is 12.6. The molecule has 0 aliphatic carbocycles. The number of rotatable bonds is 9. The Kier molecular flexibility index (Phi) is 8.47. The second kappa shape index (κ2) is 11.5. The molecule has 1 aromatic heterocycles. The Hall–Kier alpha value is -3.60. The summed E-state index contributed by atoms with van der Waals surface area (Å²) in [5.74, 6) is 0.567. The van der Waals surface area contributed by atoms with Gasteiger partial charge >= 0.3 is 6.18 Å². The van der Waals surface area contributed by atoms with Gasteiger partial charge in [-0.15, -0.1) is 0 Å². The van der Waals surface area contributed by atoms with Crippen LogP contribution >= 0.6 is 15.9 Å². The fourth-order valence-corrected chi connectivity index (χ4v) is 3.11. The molecule has 0 radical (unpaired) electrons. The summed E-state index contributed by atoms with van der Waals surface area (Å²) in [6.45, 7) is 1.94. The van der Waals surface area contributed by atoms with E-state index in [-0.39, 0.29) is 18.3 Å². The summed E-state index contributed by atoms with van der Waals surface area (Å²) < 4.78 is 49.7. The van der Waals surface area contributed by atoms with Crippen LogP contribution in [-0.4, -0.2) is 30.3 Å². The Morgan fingerprint density at radius 1 is 1.12 bits per heavy atom. The molecular formula is C23H20BrF3N4O3. The highest BCUT2D eigenvalue weighted by atomic mass is 79.9. The van der Waals surface area contributed by atoms with Gasteiger partial charge in [-0.05, 0) is 59.3 Å². The van der Waals surface area contributed by atoms with E-state index in [2.05, 4.69) is 36.8 Å². The molecule has 11 heteroatoms. The van der Waals surface area contributed by atoms with Crippen molar-refractivity contribution in [2.75, 3.05) is 24.0 Å². The van der Waals surface area contributed by atoms with E-state index in [0.29, 0.717) is 33.8 Å². The summed E-state index contributed by atoms with van der Waals surface area (Å²) >= 11 is 3.42. The zero-order valence-corrected chi connectivity index (χ0v) is 19.5. The third-order valence-corrected chi connectivity index (χ3v) is 4.94. The molecule has 34 heavy (non-hydrogen) atoms. The van der Waals surface area contributed by atoms with Crippen LogP contribution in [0.2, 0.25) is 0 Å². The number of nitrogens with one attached hydrogen (secondary N) is 2. The van der Waals surface area contributed by atoms with Crippen LogP contribution in [0.1, 0.15) is 18.1 Å². The van der Waals surface area contributed by atoms with Crippen molar-refractivity contribution in [2.24, 2.45) is 5.10 Å². The molecule has 178 valence electrons. The van der Waals surface area contributed by atoms with Crippen LogP contribution in [0.15, 0.2) is 70.4 Å². The van der Waals surface area contributed by atoms with Crippen molar-refractivity contribution >= 4 is 39.6 Å². The number of alkyl halides is 3. The molecule has 0 atom stereocenters. The van der Waals surface area contributed by atoms with E-state index in [1.807, 2.05) is 18.2 Å². The van der Waals surface area contributed by atoms with Crippen molar-refractivity contribution in [3.63, 3.8) is 0 Å². The number of ether oxygens (including phenoxy) is 2. The van der Waals surface area contributed by atoms with Crippen LogP contribution in [0.3, 0.4) is 0 Å². The molecule has 0 saturated heterocycles. The topological polar surface area (TPSA) is 84.8 Å². The summed E-state index contributed by atoms with van der Waals surface area (Å²) in [4.78, 5) is 15.9. The molecule has 0 aliphatic heterocycles. The predicted molar refractivity (Wildman–Crippen MR) is 126 cm³/mol. The second-order valence-electron chi connectivity index (χ2n) is 6.76. The van der Waals surface area contributed by atoms with Crippen molar-refractivity contribution < 1.29 is 27.4 Å². The van der Waals surface area contributed by atoms with Crippen molar-refractivity contribution in [2.45, 2.75) is 13.1 Å². The molecule has 1 heterocycles. The third kappa shape index (κ3) is 7.20. The van der Waals surface area contributed by atoms with Crippen LogP contribution < -0.4 is 20.2 Å². The number of hydrazone groups is 1. The monoisotopic (exact) mass is 536 g/mol. The number of hydrogen-bond acceptors (Lipinski definition) is 6. The molecule has 0 fully saturated rings. The van der Waals surface area contributed by atoms with E-state index >= 15 is 0 Å². The molecule has 0 saturated carbocycles. The van der Waals surface area contributed by atoms with E-state index in [1.165, 1.54) is 12.3 Å². The van der Waals surface area contributed by atoms with Crippen LogP contribution in [0, 0.1) is 0 Å². The number of carbonyl (C=O) groups is 1. The van der Waals surface area contributed by atoms with Gasteiger partial charge in [-0.2, -0.15) is 18.3 Å². The largest absolute Gasteiger partial charge is 0.490 e. The number of aromatic nitrogens is 1. The number of carbonyl (C=O) groups excluding carboxylic acids is 1. The van der Waals surface area contributed by atoms with Gasteiger partial charge in [-0.1, -0.05) is 18.2 Å². The lowest BCUT2D eigenvalue weighted by Gasteiger charge is -2.14. The highest BCUT2D eigenvalue weighted by Crippen LogP contribution is 2.33. The average molecular weight is 537 g/mol. The summed E-state index contributed by atoms with van der Waals surface area (Å²) in [7, 11) is 0.